The number of hydrogen-bond donors (Lipinski definition) is 0. The van der Waals surface area contributed by atoms with Crippen molar-refractivity contribution in [2.75, 3.05) is 31.1 Å². The van der Waals surface area contributed by atoms with Crippen molar-refractivity contribution >= 4 is 23.3 Å². The quantitative estimate of drug-likeness (QED) is 0.440. The molecule has 0 N–H and O–H groups in total. The highest BCUT2D eigenvalue weighted by Gasteiger charge is 2.29. The summed E-state index contributed by atoms with van der Waals surface area (Å²) in [5.74, 6) is 1.82. The van der Waals surface area contributed by atoms with Crippen molar-refractivity contribution in [3.8, 4) is 17.1 Å². The minimum absolute atomic E-state index is 0.112. The van der Waals surface area contributed by atoms with Crippen LogP contribution in [0.25, 0.3) is 17.1 Å². The maximum atomic E-state index is 13.4. The summed E-state index contributed by atoms with van der Waals surface area (Å²) >= 11 is 6.35. The van der Waals surface area contributed by atoms with Crippen LogP contribution in [-0.2, 0) is 0 Å². The van der Waals surface area contributed by atoms with Crippen LogP contribution in [0.2, 0.25) is 5.02 Å². The fourth-order valence-electron chi connectivity index (χ4n) is 4.22. The molecule has 1 aliphatic rings. The van der Waals surface area contributed by atoms with Crippen LogP contribution in [0.1, 0.15) is 27.5 Å². The number of carbonyl (C=O) groups excluding carboxylic acids is 1. The average Bonchev–Trinajstić information content (AvgIpc) is 3.40. The summed E-state index contributed by atoms with van der Waals surface area (Å²) in [6.07, 6.45) is 0. The third kappa shape index (κ3) is 4.03. The van der Waals surface area contributed by atoms with Gasteiger partial charge < -0.3 is 14.3 Å². The summed E-state index contributed by atoms with van der Waals surface area (Å²) in [6, 6.07) is 13.2. The molecule has 3 aromatic heterocycles. The Balaban J connectivity index is 1.29. The summed E-state index contributed by atoms with van der Waals surface area (Å²) in [6.45, 7) is 8.07. The third-order valence-electron chi connectivity index (χ3n) is 5.96. The molecule has 0 bridgehead atoms. The second-order valence-electron chi connectivity index (χ2n) is 8.31. The van der Waals surface area contributed by atoms with Gasteiger partial charge in [0, 0.05) is 37.4 Å². The minimum atomic E-state index is -0.112. The van der Waals surface area contributed by atoms with E-state index in [9.17, 15) is 4.79 Å². The van der Waals surface area contributed by atoms with Crippen molar-refractivity contribution < 1.29 is 9.32 Å². The minimum Gasteiger partial charge on any atom is -0.360 e. The molecule has 1 aliphatic heterocycles. The Morgan fingerprint density at radius 2 is 1.68 bits per heavy atom. The van der Waals surface area contributed by atoms with Gasteiger partial charge in [0.1, 0.15) is 17.0 Å². The Hall–Kier alpha value is -3.72. The number of piperazine rings is 1. The molecule has 5 rings (SSSR count). The molecule has 0 aliphatic carbocycles. The Kier molecular flexibility index (Phi) is 5.79. The first kappa shape index (κ1) is 22.1. The molecule has 9 nitrogen and oxygen atoms in total. The first-order valence-electron chi connectivity index (χ1n) is 11.0. The van der Waals surface area contributed by atoms with E-state index in [1.165, 1.54) is 0 Å². The predicted octanol–water partition coefficient (Wildman–Crippen LogP) is 3.86. The number of halogens is 1. The van der Waals surface area contributed by atoms with Crippen LogP contribution in [-0.4, -0.2) is 62.1 Å². The van der Waals surface area contributed by atoms with Gasteiger partial charge in [-0.3, -0.25) is 4.79 Å². The van der Waals surface area contributed by atoms with Gasteiger partial charge in [0.15, 0.2) is 11.6 Å². The highest BCUT2D eigenvalue weighted by Crippen LogP contribution is 2.32. The van der Waals surface area contributed by atoms with E-state index in [1.54, 1.807) is 17.7 Å². The molecule has 10 heteroatoms. The smallest absolute Gasteiger partial charge is 0.259 e. The molecule has 4 aromatic rings. The molecule has 0 atom stereocenters. The Labute approximate surface area is 201 Å². The lowest BCUT2D eigenvalue weighted by Gasteiger charge is -2.35. The molecule has 0 spiro atoms. The maximum Gasteiger partial charge on any atom is 0.259 e. The zero-order valence-electron chi connectivity index (χ0n) is 19.2. The number of nitrogens with zero attached hydrogens (tertiary/aromatic N) is 7. The van der Waals surface area contributed by atoms with E-state index in [0.29, 0.717) is 59.6 Å². The van der Waals surface area contributed by atoms with Gasteiger partial charge in [-0.25, -0.2) is 4.68 Å². The van der Waals surface area contributed by atoms with E-state index in [0.717, 1.165) is 17.2 Å². The van der Waals surface area contributed by atoms with Crippen molar-refractivity contribution in [2.24, 2.45) is 0 Å². The van der Waals surface area contributed by atoms with Crippen LogP contribution in [0.4, 0.5) is 5.82 Å². The average molecular weight is 478 g/mol. The first-order chi connectivity index (χ1) is 16.4. The van der Waals surface area contributed by atoms with E-state index in [2.05, 4.69) is 25.4 Å². The number of rotatable bonds is 4. The zero-order valence-corrected chi connectivity index (χ0v) is 20.0. The van der Waals surface area contributed by atoms with Gasteiger partial charge in [-0.05, 0) is 45.0 Å². The van der Waals surface area contributed by atoms with Crippen LogP contribution in [0, 0.1) is 20.8 Å². The fourth-order valence-corrected chi connectivity index (χ4v) is 4.44. The van der Waals surface area contributed by atoms with Gasteiger partial charge in [0.25, 0.3) is 5.91 Å². The van der Waals surface area contributed by atoms with Crippen molar-refractivity contribution in [2.45, 2.75) is 20.8 Å². The molecule has 0 radical (unpaired) electrons. The number of carbonyl (C=O) groups is 1. The fraction of sp³-hybridized carbons (Fsp3) is 0.292. The molecular formula is C24H24ClN7O2. The van der Waals surface area contributed by atoms with E-state index < -0.39 is 0 Å². The molecule has 34 heavy (non-hydrogen) atoms. The lowest BCUT2D eigenvalue weighted by Crippen LogP contribution is -2.49. The molecule has 1 saturated heterocycles. The topological polar surface area (TPSA) is 93.2 Å². The summed E-state index contributed by atoms with van der Waals surface area (Å²) in [5.41, 5.74) is 3.55. The molecule has 0 saturated carbocycles. The van der Waals surface area contributed by atoms with Crippen molar-refractivity contribution in [3.63, 3.8) is 0 Å². The van der Waals surface area contributed by atoms with Gasteiger partial charge in [-0.15, -0.1) is 10.2 Å². The SMILES string of the molecule is Cc1cc(C)n(-c2ccc(N3CCN(C(=O)c4c(-c5ccccc5Cl)noc4C)CC3)nn2)n1. The Bertz CT molecular complexity index is 1340. The second kappa shape index (κ2) is 8.90. The molecular weight excluding hydrogens is 454 g/mol. The highest BCUT2D eigenvalue weighted by molar-refractivity contribution is 6.33. The number of anilines is 1. The standard InChI is InChI=1S/C24H24ClN7O2/c1-15-14-16(2)32(28-15)21-9-8-20(26-27-21)30-10-12-31(13-11-30)24(33)22-17(3)34-29-23(22)18-6-4-5-7-19(18)25/h4-9,14H,10-13H2,1-3H3. The molecule has 1 aromatic carbocycles. The molecule has 0 unspecified atom stereocenters. The van der Waals surface area contributed by atoms with Gasteiger partial charge in [-0.2, -0.15) is 5.10 Å². The van der Waals surface area contributed by atoms with E-state index >= 15 is 0 Å². The number of amides is 1. The Morgan fingerprint density at radius 3 is 2.32 bits per heavy atom. The summed E-state index contributed by atoms with van der Waals surface area (Å²) in [5, 5.41) is 17.9. The number of hydrogen-bond acceptors (Lipinski definition) is 7. The number of aryl methyl sites for hydroxylation is 3. The van der Waals surface area contributed by atoms with E-state index in [-0.39, 0.29) is 5.91 Å². The van der Waals surface area contributed by atoms with Crippen LogP contribution in [0.3, 0.4) is 0 Å². The zero-order chi connectivity index (χ0) is 23.8. The normalized spacial score (nSPS) is 14.0. The van der Waals surface area contributed by atoms with Gasteiger partial charge in [0.05, 0.1) is 10.7 Å². The molecule has 174 valence electrons. The van der Waals surface area contributed by atoms with E-state index in [4.69, 9.17) is 16.1 Å². The molecule has 1 fully saturated rings. The maximum absolute atomic E-state index is 13.4. The predicted molar refractivity (Wildman–Crippen MR) is 128 cm³/mol. The van der Waals surface area contributed by atoms with Crippen molar-refractivity contribution in [3.05, 3.63) is 70.2 Å². The van der Waals surface area contributed by atoms with Crippen molar-refractivity contribution in [1.82, 2.24) is 30.0 Å². The summed E-state index contributed by atoms with van der Waals surface area (Å²) in [4.78, 5) is 17.3. The van der Waals surface area contributed by atoms with Gasteiger partial charge in [0.2, 0.25) is 0 Å². The number of benzene rings is 1. The van der Waals surface area contributed by atoms with Crippen LogP contribution >= 0.6 is 11.6 Å². The first-order valence-corrected chi connectivity index (χ1v) is 11.4. The van der Waals surface area contributed by atoms with Gasteiger partial charge >= 0.3 is 0 Å². The lowest BCUT2D eigenvalue weighted by atomic mass is 10.0. The molecule has 4 heterocycles. The largest absolute Gasteiger partial charge is 0.360 e. The van der Waals surface area contributed by atoms with Crippen LogP contribution in [0.5, 0.6) is 0 Å². The van der Waals surface area contributed by atoms with E-state index in [1.807, 2.05) is 55.1 Å². The molecule has 1 amide bonds. The Morgan fingerprint density at radius 1 is 0.971 bits per heavy atom. The summed E-state index contributed by atoms with van der Waals surface area (Å²) < 4.78 is 7.15. The lowest BCUT2D eigenvalue weighted by molar-refractivity contribution is 0.0745. The second-order valence-corrected chi connectivity index (χ2v) is 8.72. The van der Waals surface area contributed by atoms with Crippen LogP contribution < -0.4 is 4.90 Å². The third-order valence-corrected chi connectivity index (χ3v) is 6.29. The van der Waals surface area contributed by atoms with Gasteiger partial charge in [-0.1, -0.05) is 35.0 Å². The monoisotopic (exact) mass is 477 g/mol. The van der Waals surface area contributed by atoms with Crippen molar-refractivity contribution in [1.29, 1.82) is 0 Å². The van der Waals surface area contributed by atoms with Crippen LogP contribution in [0.15, 0.2) is 47.0 Å². The highest BCUT2D eigenvalue weighted by atomic mass is 35.5. The number of aromatic nitrogens is 5. The summed E-state index contributed by atoms with van der Waals surface area (Å²) in [7, 11) is 0.